The van der Waals surface area contributed by atoms with Gasteiger partial charge in [0.25, 0.3) is 5.91 Å². The van der Waals surface area contributed by atoms with Crippen molar-refractivity contribution in [2.45, 2.75) is 33.0 Å². The topological polar surface area (TPSA) is 32.3 Å². The molecule has 0 fully saturated rings. The van der Waals surface area contributed by atoms with Gasteiger partial charge in [-0.15, -0.1) is 0 Å². The van der Waals surface area contributed by atoms with Crippen molar-refractivity contribution in [2.24, 2.45) is 5.92 Å². The molecule has 0 radical (unpaired) electrons. The molecule has 3 heteroatoms. The van der Waals surface area contributed by atoms with Gasteiger partial charge in [-0.3, -0.25) is 10.1 Å². The summed E-state index contributed by atoms with van der Waals surface area (Å²) in [5, 5.41) is 3.56. The first kappa shape index (κ1) is 15.8. The minimum absolute atomic E-state index is 0.0299. The number of hydrogen-bond donors (Lipinski definition) is 1. The van der Waals surface area contributed by atoms with E-state index in [4.69, 9.17) is 0 Å². The Morgan fingerprint density at radius 1 is 1.04 bits per heavy atom. The molecule has 0 saturated heterocycles. The number of amides is 1. The number of fused-ring (bicyclic) bond motifs is 1. The molecule has 0 aliphatic carbocycles. The SMILES string of the molecule is CC(C)CCN1C(=O)c2ccccc2[C@H]1NCc1ccccc1. The number of nitrogens with one attached hydrogen (secondary N) is 1. The van der Waals surface area contributed by atoms with Gasteiger partial charge in [-0.2, -0.15) is 0 Å². The van der Waals surface area contributed by atoms with E-state index in [0.717, 1.165) is 30.6 Å². The van der Waals surface area contributed by atoms with E-state index in [1.54, 1.807) is 0 Å². The zero-order valence-electron chi connectivity index (χ0n) is 13.8. The first-order chi connectivity index (χ1) is 11.2. The molecule has 1 atom stereocenters. The van der Waals surface area contributed by atoms with Crippen molar-refractivity contribution in [3.8, 4) is 0 Å². The fourth-order valence-corrected chi connectivity index (χ4v) is 3.03. The van der Waals surface area contributed by atoms with E-state index in [2.05, 4.69) is 37.4 Å². The third-order valence-electron chi connectivity index (χ3n) is 4.35. The Labute approximate surface area is 138 Å². The van der Waals surface area contributed by atoms with Crippen LogP contribution in [0, 0.1) is 5.92 Å². The first-order valence-corrected chi connectivity index (χ1v) is 8.34. The summed E-state index contributed by atoms with van der Waals surface area (Å²) in [6.07, 6.45) is 0.987. The predicted molar refractivity (Wildman–Crippen MR) is 93.0 cm³/mol. The van der Waals surface area contributed by atoms with Gasteiger partial charge in [0.05, 0.1) is 0 Å². The Bertz CT molecular complexity index is 666. The molecule has 0 spiro atoms. The van der Waals surface area contributed by atoms with Crippen LogP contribution >= 0.6 is 0 Å². The van der Waals surface area contributed by atoms with Crippen LogP contribution in [0.1, 0.15) is 47.9 Å². The van der Waals surface area contributed by atoms with Crippen LogP contribution in [0.3, 0.4) is 0 Å². The highest BCUT2D eigenvalue weighted by Gasteiger charge is 2.35. The molecule has 0 aromatic heterocycles. The third-order valence-corrected chi connectivity index (χ3v) is 4.35. The van der Waals surface area contributed by atoms with Crippen molar-refractivity contribution in [1.29, 1.82) is 0 Å². The van der Waals surface area contributed by atoms with Gasteiger partial charge in [-0.05, 0) is 24.0 Å². The summed E-state index contributed by atoms with van der Waals surface area (Å²) >= 11 is 0. The average molecular weight is 308 g/mol. The van der Waals surface area contributed by atoms with E-state index >= 15 is 0 Å². The van der Waals surface area contributed by atoms with Crippen molar-refractivity contribution in [3.05, 3.63) is 71.3 Å². The van der Waals surface area contributed by atoms with Crippen LogP contribution in [0.5, 0.6) is 0 Å². The van der Waals surface area contributed by atoms with E-state index in [9.17, 15) is 4.79 Å². The molecule has 0 unspecified atom stereocenters. The molecule has 0 saturated carbocycles. The number of hydrogen-bond acceptors (Lipinski definition) is 2. The van der Waals surface area contributed by atoms with Crippen LogP contribution in [0.25, 0.3) is 0 Å². The number of rotatable bonds is 6. The van der Waals surface area contributed by atoms with Crippen molar-refractivity contribution < 1.29 is 4.79 Å². The van der Waals surface area contributed by atoms with Crippen LogP contribution in [0.2, 0.25) is 0 Å². The maximum Gasteiger partial charge on any atom is 0.255 e. The van der Waals surface area contributed by atoms with Crippen molar-refractivity contribution >= 4 is 5.91 Å². The summed E-state index contributed by atoms with van der Waals surface area (Å²) in [7, 11) is 0. The van der Waals surface area contributed by atoms with Crippen LogP contribution in [0.15, 0.2) is 54.6 Å². The van der Waals surface area contributed by atoms with E-state index in [0.29, 0.717) is 5.92 Å². The Kier molecular flexibility index (Phi) is 4.77. The number of benzene rings is 2. The maximum absolute atomic E-state index is 12.7. The van der Waals surface area contributed by atoms with Gasteiger partial charge < -0.3 is 4.90 Å². The first-order valence-electron chi connectivity index (χ1n) is 8.34. The van der Waals surface area contributed by atoms with Crippen molar-refractivity contribution in [3.63, 3.8) is 0 Å². The Hall–Kier alpha value is -2.13. The van der Waals surface area contributed by atoms with Crippen LogP contribution in [-0.2, 0) is 6.54 Å². The summed E-state index contributed by atoms with van der Waals surface area (Å²) in [5.74, 6) is 0.730. The predicted octanol–water partition coefficient (Wildman–Crippen LogP) is 3.98. The summed E-state index contributed by atoms with van der Waals surface area (Å²) in [6.45, 7) is 5.93. The van der Waals surface area contributed by atoms with Crippen LogP contribution in [-0.4, -0.2) is 17.4 Å². The molecular weight excluding hydrogens is 284 g/mol. The normalized spacial score (nSPS) is 16.9. The summed E-state index contributed by atoms with van der Waals surface area (Å²) in [6, 6.07) is 18.3. The number of carbonyl (C=O) groups excluding carboxylic acids is 1. The second-order valence-electron chi connectivity index (χ2n) is 6.54. The molecule has 1 aliphatic rings. The highest BCUT2D eigenvalue weighted by atomic mass is 16.2. The highest BCUT2D eigenvalue weighted by molar-refractivity contribution is 5.99. The van der Waals surface area contributed by atoms with Gasteiger partial charge in [0, 0.05) is 24.2 Å². The molecule has 3 rings (SSSR count). The lowest BCUT2D eigenvalue weighted by Crippen LogP contribution is -2.37. The summed E-state index contributed by atoms with van der Waals surface area (Å²) in [5.41, 5.74) is 3.16. The monoisotopic (exact) mass is 308 g/mol. The molecule has 1 N–H and O–H groups in total. The summed E-state index contributed by atoms with van der Waals surface area (Å²) in [4.78, 5) is 14.7. The van der Waals surface area contributed by atoms with E-state index in [1.165, 1.54) is 5.56 Å². The lowest BCUT2D eigenvalue weighted by atomic mass is 10.1. The molecule has 1 aliphatic heterocycles. The molecule has 1 amide bonds. The fourth-order valence-electron chi connectivity index (χ4n) is 3.03. The molecule has 2 aromatic carbocycles. The zero-order valence-corrected chi connectivity index (χ0v) is 13.8. The number of nitrogens with zero attached hydrogens (tertiary/aromatic N) is 1. The molecule has 23 heavy (non-hydrogen) atoms. The lowest BCUT2D eigenvalue weighted by Gasteiger charge is -2.27. The van der Waals surface area contributed by atoms with Crippen molar-refractivity contribution in [1.82, 2.24) is 10.2 Å². The molecule has 1 heterocycles. The molecule has 0 bridgehead atoms. The smallest absolute Gasteiger partial charge is 0.255 e. The van der Waals surface area contributed by atoms with Gasteiger partial charge >= 0.3 is 0 Å². The average Bonchev–Trinajstić information content (AvgIpc) is 2.84. The van der Waals surface area contributed by atoms with Gasteiger partial charge in [-0.25, -0.2) is 0 Å². The van der Waals surface area contributed by atoms with Gasteiger partial charge in [0.15, 0.2) is 0 Å². The van der Waals surface area contributed by atoms with Crippen molar-refractivity contribution in [2.75, 3.05) is 6.54 Å². The number of carbonyl (C=O) groups is 1. The van der Waals surface area contributed by atoms with E-state index < -0.39 is 0 Å². The van der Waals surface area contributed by atoms with E-state index in [1.807, 2.05) is 41.3 Å². The fraction of sp³-hybridized carbons (Fsp3) is 0.350. The molecule has 120 valence electrons. The van der Waals surface area contributed by atoms with Crippen LogP contribution in [0.4, 0.5) is 0 Å². The highest BCUT2D eigenvalue weighted by Crippen LogP contribution is 2.32. The summed E-state index contributed by atoms with van der Waals surface area (Å²) < 4.78 is 0. The second kappa shape index (κ2) is 6.97. The second-order valence-corrected chi connectivity index (χ2v) is 6.54. The minimum atomic E-state index is -0.0299. The van der Waals surface area contributed by atoms with Crippen LogP contribution < -0.4 is 5.32 Å². The Morgan fingerprint density at radius 3 is 2.48 bits per heavy atom. The van der Waals surface area contributed by atoms with Gasteiger partial charge in [0.2, 0.25) is 0 Å². The third kappa shape index (κ3) is 3.45. The zero-order chi connectivity index (χ0) is 16.2. The maximum atomic E-state index is 12.7. The van der Waals surface area contributed by atoms with Gasteiger partial charge in [-0.1, -0.05) is 62.4 Å². The quantitative estimate of drug-likeness (QED) is 0.875. The van der Waals surface area contributed by atoms with E-state index in [-0.39, 0.29) is 12.1 Å². The molecule has 2 aromatic rings. The largest absolute Gasteiger partial charge is 0.319 e. The Balaban J connectivity index is 1.79. The minimum Gasteiger partial charge on any atom is -0.319 e. The lowest BCUT2D eigenvalue weighted by molar-refractivity contribution is 0.0683. The molecular formula is C20H24N2O. The Morgan fingerprint density at radius 2 is 1.74 bits per heavy atom. The molecule has 3 nitrogen and oxygen atoms in total. The standard InChI is InChI=1S/C20H24N2O/c1-15(2)12-13-22-19(21-14-16-8-4-3-5-9-16)17-10-6-7-11-18(17)20(22)23/h3-11,15,19,21H,12-14H2,1-2H3/t19-/m0/s1. The van der Waals surface area contributed by atoms with Gasteiger partial charge in [0.1, 0.15) is 6.17 Å².